The van der Waals surface area contributed by atoms with E-state index in [0.717, 1.165) is 43.1 Å². The first kappa shape index (κ1) is 14.1. The van der Waals surface area contributed by atoms with Crippen LogP contribution >= 0.6 is 12.4 Å². The highest BCUT2D eigenvalue weighted by molar-refractivity contribution is 5.85. The number of nitrogens with zero attached hydrogens (tertiary/aromatic N) is 2. The Bertz CT molecular complexity index is 514. The lowest BCUT2D eigenvalue weighted by Gasteiger charge is -2.11. The van der Waals surface area contributed by atoms with Crippen molar-refractivity contribution in [2.24, 2.45) is 5.73 Å². The van der Waals surface area contributed by atoms with Crippen molar-refractivity contribution < 1.29 is 4.52 Å². The molecular weight excluding hydrogens is 262 g/mol. The molecule has 5 heteroatoms. The van der Waals surface area contributed by atoms with Crippen LogP contribution in [-0.4, -0.2) is 29.2 Å². The maximum absolute atomic E-state index is 5.89. The van der Waals surface area contributed by atoms with Crippen LogP contribution in [0.15, 0.2) is 40.9 Å². The van der Waals surface area contributed by atoms with E-state index in [1.807, 2.05) is 36.4 Å². The zero-order valence-corrected chi connectivity index (χ0v) is 11.5. The predicted molar refractivity (Wildman–Crippen MR) is 77.1 cm³/mol. The predicted octanol–water partition coefficient (Wildman–Crippen LogP) is 2.30. The van der Waals surface area contributed by atoms with Gasteiger partial charge in [0.05, 0.1) is 5.69 Å². The molecule has 2 heterocycles. The SMILES string of the molecule is Cl.N[C@H]1CCN(Cc2cc(-c3ccccc3)on2)C1. The smallest absolute Gasteiger partial charge is 0.167 e. The highest BCUT2D eigenvalue weighted by Gasteiger charge is 2.20. The number of likely N-dealkylation sites (tertiary alicyclic amines) is 1. The van der Waals surface area contributed by atoms with Gasteiger partial charge in [0.15, 0.2) is 5.76 Å². The Labute approximate surface area is 119 Å². The Balaban J connectivity index is 0.00000133. The summed E-state index contributed by atoms with van der Waals surface area (Å²) in [6.07, 6.45) is 1.07. The maximum Gasteiger partial charge on any atom is 0.167 e. The van der Waals surface area contributed by atoms with Gasteiger partial charge < -0.3 is 10.3 Å². The first-order chi connectivity index (χ1) is 8.81. The summed E-state index contributed by atoms with van der Waals surface area (Å²) in [5.74, 6) is 0.828. The first-order valence-corrected chi connectivity index (χ1v) is 6.30. The number of halogens is 1. The molecule has 0 unspecified atom stereocenters. The molecule has 1 atom stereocenters. The van der Waals surface area contributed by atoms with Gasteiger partial charge in [0.1, 0.15) is 0 Å². The van der Waals surface area contributed by atoms with Gasteiger partial charge in [0.25, 0.3) is 0 Å². The molecule has 1 aliphatic heterocycles. The monoisotopic (exact) mass is 279 g/mol. The fourth-order valence-corrected chi connectivity index (χ4v) is 2.36. The second kappa shape index (κ2) is 6.19. The molecule has 19 heavy (non-hydrogen) atoms. The van der Waals surface area contributed by atoms with Crippen molar-refractivity contribution in [3.8, 4) is 11.3 Å². The molecule has 0 radical (unpaired) electrons. The van der Waals surface area contributed by atoms with Gasteiger partial charge in [0, 0.05) is 37.3 Å². The molecule has 1 aliphatic rings. The molecule has 3 rings (SSSR count). The molecule has 0 aliphatic carbocycles. The molecule has 1 aromatic carbocycles. The van der Waals surface area contributed by atoms with Crippen LogP contribution in [0.25, 0.3) is 11.3 Å². The zero-order valence-electron chi connectivity index (χ0n) is 10.7. The standard InChI is InChI=1S/C14H17N3O.ClH/c15-12-6-7-17(9-12)10-13-8-14(18-16-13)11-4-2-1-3-5-11;/h1-5,8,12H,6-7,9-10,15H2;1H/t12-;/m0./s1. The van der Waals surface area contributed by atoms with Crippen LogP contribution < -0.4 is 5.73 Å². The summed E-state index contributed by atoms with van der Waals surface area (Å²) in [7, 11) is 0. The van der Waals surface area contributed by atoms with E-state index in [4.69, 9.17) is 10.3 Å². The van der Waals surface area contributed by atoms with Gasteiger partial charge in [-0.3, -0.25) is 4.90 Å². The Hall–Kier alpha value is -1.36. The Morgan fingerprint density at radius 2 is 2.11 bits per heavy atom. The van der Waals surface area contributed by atoms with Gasteiger partial charge in [0.2, 0.25) is 0 Å². The molecule has 0 bridgehead atoms. The van der Waals surface area contributed by atoms with E-state index in [1.54, 1.807) is 0 Å². The number of rotatable bonds is 3. The molecular formula is C14H18ClN3O. The van der Waals surface area contributed by atoms with Gasteiger partial charge in [-0.25, -0.2) is 0 Å². The highest BCUT2D eigenvalue weighted by Crippen LogP contribution is 2.21. The van der Waals surface area contributed by atoms with E-state index in [-0.39, 0.29) is 12.4 Å². The lowest BCUT2D eigenvalue weighted by Crippen LogP contribution is -2.26. The minimum Gasteiger partial charge on any atom is -0.356 e. The van der Waals surface area contributed by atoms with Crippen LogP contribution in [0, 0.1) is 0 Å². The van der Waals surface area contributed by atoms with Crippen LogP contribution in [0.3, 0.4) is 0 Å². The third kappa shape index (κ3) is 3.35. The molecule has 0 spiro atoms. The number of hydrogen-bond acceptors (Lipinski definition) is 4. The Kier molecular flexibility index (Phi) is 4.58. The number of aromatic nitrogens is 1. The van der Waals surface area contributed by atoms with Crippen LogP contribution in [0.5, 0.6) is 0 Å². The van der Waals surface area contributed by atoms with Gasteiger partial charge >= 0.3 is 0 Å². The maximum atomic E-state index is 5.89. The van der Waals surface area contributed by atoms with Gasteiger partial charge in [-0.15, -0.1) is 12.4 Å². The van der Waals surface area contributed by atoms with E-state index in [9.17, 15) is 0 Å². The molecule has 2 aromatic rings. The van der Waals surface area contributed by atoms with E-state index in [0.29, 0.717) is 6.04 Å². The quantitative estimate of drug-likeness (QED) is 0.937. The third-order valence-corrected chi connectivity index (χ3v) is 3.31. The van der Waals surface area contributed by atoms with Crippen molar-refractivity contribution in [2.75, 3.05) is 13.1 Å². The molecule has 1 aromatic heterocycles. The van der Waals surface area contributed by atoms with Crippen LogP contribution in [0.1, 0.15) is 12.1 Å². The van der Waals surface area contributed by atoms with Crippen molar-refractivity contribution in [3.63, 3.8) is 0 Å². The normalized spacial score (nSPS) is 19.3. The minimum absolute atomic E-state index is 0. The topological polar surface area (TPSA) is 55.3 Å². The number of nitrogens with two attached hydrogens (primary N) is 1. The van der Waals surface area contributed by atoms with E-state index < -0.39 is 0 Å². The van der Waals surface area contributed by atoms with Crippen molar-refractivity contribution in [1.82, 2.24) is 10.1 Å². The Morgan fingerprint density at radius 1 is 1.32 bits per heavy atom. The summed E-state index contributed by atoms with van der Waals surface area (Å²) < 4.78 is 5.38. The van der Waals surface area contributed by atoms with E-state index in [1.165, 1.54) is 0 Å². The molecule has 0 amide bonds. The summed E-state index contributed by atoms with van der Waals surface area (Å²) in [5, 5.41) is 4.12. The summed E-state index contributed by atoms with van der Waals surface area (Å²) in [4.78, 5) is 2.32. The third-order valence-electron chi connectivity index (χ3n) is 3.31. The molecule has 1 saturated heterocycles. The minimum atomic E-state index is 0. The van der Waals surface area contributed by atoms with Crippen molar-refractivity contribution >= 4 is 12.4 Å². The van der Waals surface area contributed by atoms with Gasteiger partial charge in [-0.1, -0.05) is 35.5 Å². The van der Waals surface area contributed by atoms with Crippen LogP contribution in [0.2, 0.25) is 0 Å². The number of hydrogen-bond donors (Lipinski definition) is 1. The Morgan fingerprint density at radius 3 is 2.79 bits per heavy atom. The van der Waals surface area contributed by atoms with Gasteiger partial charge in [-0.05, 0) is 6.42 Å². The lowest BCUT2D eigenvalue weighted by molar-refractivity contribution is 0.311. The lowest BCUT2D eigenvalue weighted by atomic mass is 10.1. The van der Waals surface area contributed by atoms with Crippen molar-refractivity contribution in [1.29, 1.82) is 0 Å². The average Bonchev–Trinajstić information content (AvgIpc) is 3.01. The fraction of sp³-hybridized carbons (Fsp3) is 0.357. The molecule has 1 fully saturated rings. The summed E-state index contributed by atoms with van der Waals surface area (Å²) in [6.45, 7) is 2.83. The van der Waals surface area contributed by atoms with E-state index in [2.05, 4.69) is 10.1 Å². The summed E-state index contributed by atoms with van der Waals surface area (Å²) >= 11 is 0. The number of benzene rings is 1. The van der Waals surface area contributed by atoms with E-state index >= 15 is 0 Å². The molecule has 102 valence electrons. The van der Waals surface area contributed by atoms with Gasteiger partial charge in [-0.2, -0.15) is 0 Å². The highest BCUT2D eigenvalue weighted by atomic mass is 35.5. The molecule has 2 N–H and O–H groups in total. The summed E-state index contributed by atoms with van der Waals surface area (Å²) in [5.41, 5.74) is 7.93. The fourth-order valence-electron chi connectivity index (χ4n) is 2.36. The first-order valence-electron chi connectivity index (χ1n) is 6.30. The van der Waals surface area contributed by atoms with Crippen LogP contribution in [-0.2, 0) is 6.54 Å². The zero-order chi connectivity index (χ0) is 12.4. The van der Waals surface area contributed by atoms with Crippen LogP contribution in [0.4, 0.5) is 0 Å². The largest absolute Gasteiger partial charge is 0.356 e. The average molecular weight is 280 g/mol. The van der Waals surface area contributed by atoms with Crippen molar-refractivity contribution in [2.45, 2.75) is 19.0 Å². The molecule has 0 saturated carbocycles. The second-order valence-corrected chi connectivity index (χ2v) is 4.83. The van der Waals surface area contributed by atoms with Crippen molar-refractivity contribution in [3.05, 3.63) is 42.1 Å². The summed E-state index contributed by atoms with van der Waals surface area (Å²) in [6, 6.07) is 12.4. The molecule has 4 nitrogen and oxygen atoms in total. The second-order valence-electron chi connectivity index (χ2n) is 4.83.